The number of benzene rings is 1. The van der Waals surface area contributed by atoms with Gasteiger partial charge in [0.1, 0.15) is 0 Å². The van der Waals surface area contributed by atoms with Gasteiger partial charge in [-0.1, -0.05) is 28.1 Å². The predicted molar refractivity (Wildman–Crippen MR) is 67.0 cm³/mol. The molecule has 1 unspecified atom stereocenters. The minimum Gasteiger partial charge on any atom is -0.341 e. The highest BCUT2D eigenvalue weighted by Gasteiger charge is 2.26. The van der Waals surface area contributed by atoms with Crippen molar-refractivity contribution in [2.24, 2.45) is 5.73 Å². The van der Waals surface area contributed by atoms with E-state index >= 15 is 0 Å². The summed E-state index contributed by atoms with van der Waals surface area (Å²) in [6.45, 7) is 1.47. The zero-order chi connectivity index (χ0) is 11.5. The Labute approximate surface area is 104 Å². The lowest BCUT2D eigenvalue weighted by Crippen LogP contribution is -2.30. The Bertz CT molecular complexity index is 394. The molecule has 0 saturated carbocycles. The molecule has 1 fully saturated rings. The highest BCUT2D eigenvalue weighted by molar-refractivity contribution is 9.10. The van der Waals surface area contributed by atoms with Gasteiger partial charge in [0.2, 0.25) is 5.91 Å². The summed E-state index contributed by atoms with van der Waals surface area (Å²) < 4.78 is 1.08. The summed E-state index contributed by atoms with van der Waals surface area (Å²) >= 11 is 3.44. The Morgan fingerprint density at radius 2 is 2.31 bits per heavy atom. The molecule has 1 aromatic rings. The monoisotopic (exact) mass is 282 g/mol. The molecule has 1 heterocycles. The maximum atomic E-state index is 11.5. The lowest BCUT2D eigenvalue weighted by Gasteiger charge is -2.15. The van der Waals surface area contributed by atoms with Gasteiger partial charge in [-0.3, -0.25) is 4.79 Å². The van der Waals surface area contributed by atoms with Crippen molar-refractivity contribution in [3.63, 3.8) is 0 Å². The quantitative estimate of drug-likeness (QED) is 0.915. The summed E-state index contributed by atoms with van der Waals surface area (Å²) in [7, 11) is 0. The van der Waals surface area contributed by atoms with Crippen molar-refractivity contribution in [3.05, 3.63) is 34.3 Å². The van der Waals surface area contributed by atoms with Gasteiger partial charge in [0, 0.05) is 30.0 Å². The molecule has 0 spiro atoms. The minimum atomic E-state index is 0.0232. The van der Waals surface area contributed by atoms with Gasteiger partial charge < -0.3 is 10.6 Å². The molecule has 1 aliphatic heterocycles. The number of nitrogens with two attached hydrogens (primary N) is 1. The normalized spacial score (nSPS) is 20.5. The SMILES string of the molecule is NC1CC(=O)N(CCc2cccc(Br)c2)C1. The molecule has 16 heavy (non-hydrogen) atoms. The Kier molecular flexibility index (Phi) is 3.61. The second kappa shape index (κ2) is 4.97. The first-order chi connectivity index (χ1) is 7.65. The molecule has 1 aliphatic rings. The molecule has 3 nitrogen and oxygen atoms in total. The molecule has 1 atom stereocenters. The summed E-state index contributed by atoms with van der Waals surface area (Å²) in [5.41, 5.74) is 6.98. The molecule has 2 N–H and O–H groups in total. The van der Waals surface area contributed by atoms with Crippen LogP contribution in [0.2, 0.25) is 0 Å². The highest BCUT2D eigenvalue weighted by atomic mass is 79.9. The van der Waals surface area contributed by atoms with Crippen LogP contribution < -0.4 is 5.73 Å². The summed E-state index contributed by atoms with van der Waals surface area (Å²) in [4.78, 5) is 13.4. The van der Waals surface area contributed by atoms with Gasteiger partial charge in [0.15, 0.2) is 0 Å². The van der Waals surface area contributed by atoms with Gasteiger partial charge in [-0.05, 0) is 24.1 Å². The third kappa shape index (κ3) is 2.83. The molecule has 0 radical (unpaired) electrons. The molecule has 0 aliphatic carbocycles. The molecular formula is C12H15BrN2O. The number of nitrogens with zero attached hydrogens (tertiary/aromatic N) is 1. The third-order valence-electron chi connectivity index (χ3n) is 2.80. The lowest BCUT2D eigenvalue weighted by atomic mass is 10.1. The molecule has 1 amide bonds. The number of carbonyl (C=O) groups excluding carboxylic acids is 1. The number of hydrogen-bond acceptors (Lipinski definition) is 2. The van der Waals surface area contributed by atoms with Crippen LogP contribution in [0.4, 0.5) is 0 Å². The summed E-state index contributed by atoms with van der Waals surface area (Å²) in [5.74, 6) is 0.183. The van der Waals surface area contributed by atoms with Gasteiger partial charge in [-0.25, -0.2) is 0 Å². The first kappa shape index (κ1) is 11.6. The Morgan fingerprint density at radius 1 is 1.50 bits per heavy atom. The van der Waals surface area contributed by atoms with E-state index in [2.05, 4.69) is 28.1 Å². The molecule has 1 saturated heterocycles. The van der Waals surface area contributed by atoms with Crippen LogP contribution in [0.1, 0.15) is 12.0 Å². The minimum absolute atomic E-state index is 0.0232. The van der Waals surface area contributed by atoms with Crippen molar-refractivity contribution in [2.45, 2.75) is 18.9 Å². The van der Waals surface area contributed by atoms with E-state index in [1.54, 1.807) is 0 Å². The van der Waals surface area contributed by atoms with Crippen molar-refractivity contribution in [1.82, 2.24) is 4.90 Å². The van der Waals surface area contributed by atoms with Crippen molar-refractivity contribution >= 4 is 21.8 Å². The number of likely N-dealkylation sites (tertiary alicyclic amines) is 1. The highest BCUT2D eigenvalue weighted by Crippen LogP contribution is 2.14. The van der Waals surface area contributed by atoms with Crippen molar-refractivity contribution in [1.29, 1.82) is 0 Å². The molecule has 2 rings (SSSR count). The zero-order valence-corrected chi connectivity index (χ0v) is 10.6. The van der Waals surface area contributed by atoms with E-state index in [4.69, 9.17) is 5.73 Å². The topological polar surface area (TPSA) is 46.3 Å². The van der Waals surface area contributed by atoms with E-state index in [0.717, 1.165) is 17.4 Å². The van der Waals surface area contributed by atoms with Crippen molar-refractivity contribution < 1.29 is 4.79 Å². The maximum absolute atomic E-state index is 11.5. The van der Waals surface area contributed by atoms with Crippen molar-refractivity contribution in [2.75, 3.05) is 13.1 Å². The average Bonchev–Trinajstić information content (AvgIpc) is 2.54. The van der Waals surface area contributed by atoms with E-state index in [-0.39, 0.29) is 11.9 Å². The Morgan fingerprint density at radius 3 is 2.94 bits per heavy atom. The molecule has 0 aromatic heterocycles. The first-order valence-corrected chi connectivity index (χ1v) is 6.22. The van der Waals surface area contributed by atoms with Crippen LogP contribution in [0.15, 0.2) is 28.7 Å². The standard InChI is InChI=1S/C12H15BrN2O/c13-10-3-1-2-9(6-10)4-5-15-8-11(14)7-12(15)16/h1-3,6,11H,4-5,7-8,14H2. The number of amides is 1. The van der Waals surface area contributed by atoms with E-state index < -0.39 is 0 Å². The van der Waals surface area contributed by atoms with Gasteiger partial charge in [0.25, 0.3) is 0 Å². The van der Waals surface area contributed by atoms with Gasteiger partial charge in [0.05, 0.1) is 0 Å². The smallest absolute Gasteiger partial charge is 0.224 e. The number of carbonyl (C=O) groups is 1. The number of rotatable bonds is 3. The Balaban J connectivity index is 1.90. The average molecular weight is 283 g/mol. The van der Waals surface area contributed by atoms with E-state index in [9.17, 15) is 4.79 Å². The van der Waals surface area contributed by atoms with Crippen LogP contribution in [-0.2, 0) is 11.2 Å². The van der Waals surface area contributed by atoms with E-state index in [1.165, 1.54) is 5.56 Å². The summed E-state index contributed by atoms with van der Waals surface area (Å²) in [6.07, 6.45) is 1.39. The second-order valence-corrected chi connectivity index (χ2v) is 5.10. The van der Waals surface area contributed by atoms with Gasteiger partial charge in [-0.2, -0.15) is 0 Å². The molecule has 1 aromatic carbocycles. The van der Waals surface area contributed by atoms with Crippen LogP contribution in [0.3, 0.4) is 0 Å². The first-order valence-electron chi connectivity index (χ1n) is 5.43. The van der Waals surface area contributed by atoms with E-state index in [1.807, 2.05) is 17.0 Å². The van der Waals surface area contributed by atoms with Gasteiger partial charge in [-0.15, -0.1) is 0 Å². The van der Waals surface area contributed by atoms with Crippen LogP contribution in [0.25, 0.3) is 0 Å². The molecule has 4 heteroatoms. The second-order valence-electron chi connectivity index (χ2n) is 4.18. The number of halogens is 1. The predicted octanol–water partition coefficient (Wildman–Crippen LogP) is 1.55. The molecule has 0 bridgehead atoms. The largest absolute Gasteiger partial charge is 0.341 e. The fourth-order valence-corrected chi connectivity index (χ4v) is 2.42. The lowest BCUT2D eigenvalue weighted by molar-refractivity contribution is -0.127. The van der Waals surface area contributed by atoms with Crippen LogP contribution in [0, 0.1) is 0 Å². The zero-order valence-electron chi connectivity index (χ0n) is 9.03. The molecule has 86 valence electrons. The van der Waals surface area contributed by atoms with Crippen LogP contribution in [0.5, 0.6) is 0 Å². The van der Waals surface area contributed by atoms with Crippen LogP contribution >= 0.6 is 15.9 Å². The summed E-state index contributed by atoms with van der Waals surface area (Å²) in [6, 6.07) is 8.19. The summed E-state index contributed by atoms with van der Waals surface area (Å²) in [5, 5.41) is 0. The van der Waals surface area contributed by atoms with Crippen LogP contribution in [-0.4, -0.2) is 29.9 Å². The maximum Gasteiger partial charge on any atom is 0.224 e. The number of hydrogen-bond donors (Lipinski definition) is 1. The molecular weight excluding hydrogens is 268 g/mol. The van der Waals surface area contributed by atoms with Crippen molar-refractivity contribution in [3.8, 4) is 0 Å². The third-order valence-corrected chi connectivity index (χ3v) is 3.30. The van der Waals surface area contributed by atoms with Gasteiger partial charge >= 0.3 is 0 Å². The fourth-order valence-electron chi connectivity index (χ4n) is 1.98. The Hall–Kier alpha value is -0.870. The fraction of sp³-hybridized carbons (Fsp3) is 0.417. The van der Waals surface area contributed by atoms with E-state index in [0.29, 0.717) is 13.0 Å².